The predicted molar refractivity (Wildman–Crippen MR) is 53.1 cm³/mol. The van der Waals surface area contributed by atoms with E-state index in [2.05, 4.69) is 5.10 Å². The van der Waals surface area contributed by atoms with Crippen molar-refractivity contribution in [3.8, 4) is 0 Å². The topological polar surface area (TPSA) is 34.9 Å². The Balaban J connectivity index is 3.51. The molecule has 0 radical (unpaired) electrons. The standard InChI is InChI=1S/C10H16N2O/c1-6(2)12-10(13)8(4)7(3)9(5)11-12/h6H,1-5H3. The quantitative estimate of drug-likeness (QED) is 0.660. The lowest BCUT2D eigenvalue weighted by Gasteiger charge is -2.12. The average Bonchev–Trinajstić information content (AvgIpc) is 2.07. The molecule has 1 heterocycles. The molecule has 0 saturated carbocycles. The fourth-order valence-electron chi connectivity index (χ4n) is 1.24. The highest BCUT2D eigenvalue weighted by molar-refractivity contribution is 5.24. The lowest BCUT2D eigenvalue weighted by Crippen LogP contribution is -2.28. The zero-order valence-electron chi connectivity index (χ0n) is 8.88. The monoisotopic (exact) mass is 180 g/mol. The van der Waals surface area contributed by atoms with E-state index in [1.54, 1.807) is 0 Å². The second kappa shape index (κ2) is 3.32. The van der Waals surface area contributed by atoms with Gasteiger partial charge in [-0.25, -0.2) is 4.68 Å². The molecule has 13 heavy (non-hydrogen) atoms. The van der Waals surface area contributed by atoms with Crippen molar-refractivity contribution in [2.75, 3.05) is 0 Å². The molecular formula is C10H16N2O. The third-order valence-corrected chi connectivity index (χ3v) is 2.38. The van der Waals surface area contributed by atoms with Crippen LogP contribution >= 0.6 is 0 Å². The van der Waals surface area contributed by atoms with E-state index in [0.29, 0.717) is 0 Å². The van der Waals surface area contributed by atoms with E-state index >= 15 is 0 Å². The first kappa shape index (κ1) is 9.96. The Hall–Kier alpha value is -1.12. The predicted octanol–water partition coefficient (Wildman–Crippen LogP) is 1.75. The van der Waals surface area contributed by atoms with E-state index in [1.165, 1.54) is 4.68 Å². The van der Waals surface area contributed by atoms with Gasteiger partial charge in [0, 0.05) is 5.56 Å². The van der Waals surface area contributed by atoms with Gasteiger partial charge in [-0.2, -0.15) is 5.10 Å². The molecule has 0 aromatic carbocycles. The van der Waals surface area contributed by atoms with Crippen LogP contribution in [0, 0.1) is 20.8 Å². The van der Waals surface area contributed by atoms with Crippen molar-refractivity contribution in [3.63, 3.8) is 0 Å². The van der Waals surface area contributed by atoms with E-state index in [-0.39, 0.29) is 11.6 Å². The van der Waals surface area contributed by atoms with Crippen LogP contribution in [0.5, 0.6) is 0 Å². The van der Waals surface area contributed by atoms with Gasteiger partial charge in [-0.15, -0.1) is 0 Å². The highest BCUT2D eigenvalue weighted by Gasteiger charge is 2.09. The third-order valence-electron chi connectivity index (χ3n) is 2.38. The number of hydrogen-bond acceptors (Lipinski definition) is 2. The molecule has 0 aliphatic rings. The van der Waals surface area contributed by atoms with Gasteiger partial charge in [0.25, 0.3) is 5.56 Å². The summed E-state index contributed by atoms with van der Waals surface area (Å²) in [4.78, 5) is 11.7. The lowest BCUT2D eigenvalue weighted by atomic mass is 10.1. The van der Waals surface area contributed by atoms with Gasteiger partial charge in [0.05, 0.1) is 11.7 Å². The molecule has 0 spiro atoms. The molecule has 0 unspecified atom stereocenters. The molecule has 0 atom stereocenters. The molecule has 0 bridgehead atoms. The molecule has 1 aromatic heterocycles. The lowest BCUT2D eigenvalue weighted by molar-refractivity contribution is 0.493. The fraction of sp³-hybridized carbons (Fsp3) is 0.600. The largest absolute Gasteiger partial charge is 0.270 e. The van der Waals surface area contributed by atoms with Crippen LogP contribution < -0.4 is 5.56 Å². The molecule has 1 rings (SSSR count). The van der Waals surface area contributed by atoms with Crippen LogP contribution in [0.4, 0.5) is 0 Å². The number of aryl methyl sites for hydroxylation is 1. The first-order valence-electron chi connectivity index (χ1n) is 4.51. The Labute approximate surface area is 78.4 Å². The number of hydrogen-bond donors (Lipinski definition) is 0. The van der Waals surface area contributed by atoms with Crippen molar-refractivity contribution in [2.24, 2.45) is 0 Å². The van der Waals surface area contributed by atoms with E-state index < -0.39 is 0 Å². The van der Waals surface area contributed by atoms with E-state index in [1.807, 2.05) is 34.6 Å². The van der Waals surface area contributed by atoms with Gasteiger partial charge in [0.1, 0.15) is 0 Å². The fourth-order valence-corrected chi connectivity index (χ4v) is 1.24. The maximum Gasteiger partial charge on any atom is 0.270 e. The summed E-state index contributed by atoms with van der Waals surface area (Å²) in [6, 6.07) is 0.130. The number of aromatic nitrogens is 2. The summed E-state index contributed by atoms with van der Waals surface area (Å²) in [7, 11) is 0. The molecule has 0 saturated heterocycles. The Bertz CT molecular complexity index is 377. The first-order chi connectivity index (χ1) is 5.95. The minimum atomic E-state index is 0.0260. The minimum absolute atomic E-state index is 0.0260. The highest BCUT2D eigenvalue weighted by atomic mass is 16.1. The second-order valence-electron chi connectivity index (χ2n) is 3.68. The van der Waals surface area contributed by atoms with Crippen molar-refractivity contribution >= 4 is 0 Å². The third kappa shape index (κ3) is 1.64. The van der Waals surface area contributed by atoms with Gasteiger partial charge in [0.2, 0.25) is 0 Å². The summed E-state index contributed by atoms with van der Waals surface area (Å²) in [5.74, 6) is 0. The number of nitrogens with zero attached hydrogens (tertiary/aromatic N) is 2. The van der Waals surface area contributed by atoms with Gasteiger partial charge >= 0.3 is 0 Å². The Morgan fingerprint density at radius 1 is 1.15 bits per heavy atom. The molecule has 72 valence electrons. The van der Waals surface area contributed by atoms with Gasteiger partial charge in [0.15, 0.2) is 0 Å². The van der Waals surface area contributed by atoms with Crippen molar-refractivity contribution in [1.29, 1.82) is 0 Å². The summed E-state index contributed by atoms with van der Waals surface area (Å²) in [6.45, 7) is 9.64. The molecule has 3 nitrogen and oxygen atoms in total. The Morgan fingerprint density at radius 3 is 2.15 bits per heavy atom. The van der Waals surface area contributed by atoms with Crippen molar-refractivity contribution < 1.29 is 0 Å². The van der Waals surface area contributed by atoms with Crippen LogP contribution in [0.25, 0.3) is 0 Å². The summed E-state index contributed by atoms with van der Waals surface area (Å²) < 4.78 is 1.54. The summed E-state index contributed by atoms with van der Waals surface area (Å²) in [5.41, 5.74) is 2.77. The molecule has 0 amide bonds. The van der Waals surface area contributed by atoms with Gasteiger partial charge in [-0.05, 0) is 40.2 Å². The van der Waals surface area contributed by atoms with Crippen molar-refractivity contribution in [2.45, 2.75) is 40.7 Å². The molecule has 0 fully saturated rings. The van der Waals surface area contributed by atoms with Crippen molar-refractivity contribution in [3.05, 3.63) is 27.2 Å². The Kier molecular flexibility index (Phi) is 2.55. The zero-order valence-corrected chi connectivity index (χ0v) is 8.88. The zero-order chi connectivity index (χ0) is 10.2. The van der Waals surface area contributed by atoms with Gasteiger partial charge in [-0.1, -0.05) is 0 Å². The SMILES string of the molecule is Cc1nn(C(C)C)c(=O)c(C)c1C. The molecule has 1 aromatic rings. The molecule has 0 aliphatic heterocycles. The van der Waals surface area contributed by atoms with Crippen LogP contribution in [-0.4, -0.2) is 9.78 Å². The van der Waals surface area contributed by atoms with Crippen LogP contribution in [-0.2, 0) is 0 Å². The Morgan fingerprint density at radius 2 is 1.69 bits per heavy atom. The minimum Gasteiger partial charge on any atom is -0.267 e. The van der Waals surface area contributed by atoms with Gasteiger partial charge < -0.3 is 0 Å². The van der Waals surface area contributed by atoms with E-state index in [0.717, 1.165) is 16.8 Å². The number of rotatable bonds is 1. The van der Waals surface area contributed by atoms with E-state index in [9.17, 15) is 4.79 Å². The molecular weight excluding hydrogens is 164 g/mol. The van der Waals surface area contributed by atoms with Crippen LogP contribution in [0.2, 0.25) is 0 Å². The molecule has 3 heteroatoms. The normalized spacial score (nSPS) is 10.9. The van der Waals surface area contributed by atoms with Crippen molar-refractivity contribution in [1.82, 2.24) is 9.78 Å². The smallest absolute Gasteiger partial charge is 0.267 e. The summed E-state index contributed by atoms with van der Waals surface area (Å²) in [5, 5.41) is 4.24. The average molecular weight is 180 g/mol. The van der Waals surface area contributed by atoms with Crippen LogP contribution in [0.15, 0.2) is 4.79 Å². The highest BCUT2D eigenvalue weighted by Crippen LogP contribution is 2.06. The maximum atomic E-state index is 11.7. The maximum absolute atomic E-state index is 11.7. The van der Waals surface area contributed by atoms with Crippen LogP contribution in [0.1, 0.15) is 36.7 Å². The first-order valence-corrected chi connectivity index (χ1v) is 4.51. The molecule has 0 aliphatic carbocycles. The molecule has 0 N–H and O–H groups in total. The summed E-state index contributed by atoms with van der Waals surface area (Å²) >= 11 is 0. The second-order valence-corrected chi connectivity index (χ2v) is 3.68. The van der Waals surface area contributed by atoms with Crippen LogP contribution in [0.3, 0.4) is 0 Å². The summed E-state index contributed by atoms with van der Waals surface area (Å²) in [6.07, 6.45) is 0. The van der Waals surface area contributed by atoms with Gasteiger partial charge in [-0.3, -0.25) is 4.79 Å². The van der Waals surface area contributed by atoms with E-state index in [4.69, 9.17) is 0 Å².